The molecule has 1 atom stereocenters. The van der Waals surface area contributed by atoms with Gasteiger partial charge in [-0.05, 0) is 44.0 Å². The highest BCUT2D eigenvalue weighted by Crippen LogP contribution is 2.34. The van der Waals surface area contributed by atoms with Crippen LogP contribution in [0.4, 0.5) is 0 Å². The Hall–Kier alpha value is -1.16. The number of imidazole rings is 1. The number of nitrogens with one attached hydrogen (secondary N) is 1. The molecule has 1 saturated carbocycles. The van der Waals surface area contributed by atoms with Crippen molar-refractivity contribution in [1.29, 1.82) is 0 Å². The SMILES string of the molecule is CC(C1CCCCC1)n1c(=S)[nH]c2cnccc21. The van der Waals surface area contributed by atoms with Crippen LogP contribution in [0.3, 0.4) is 0 Å². The van der Waals surface area contributed by atoms with Crippen LogP contribution in [0.2, 0.25) is 0 Å². The van der Waals surface area contributed by atoms with Gasteiger partial charge < -0.3 is 9.55 Å². The minimum atomic E-state index is 0.481. The number of pyridine rings is 1. The van der Waals surface area contributed by atoms with E-state index in [1.54, 1.807) is 0 Å². The predicted molar refractivity (Wildman–Crippen MR) is 76.2 cm³/mol. The Labute approximate surface area is 112 Å². The first kappa shape index (κ1) is 11.9. The van der Waals surface area contributed by atoms with E-state index in [-0.39, 0.29) is 0 Å². The van der Waals surface area contributed by atoms with Crippen molar-refractivity contribution in [2.45, 2.75) is 45.1 Å². The van der Waals surface area contributed by atoms with Crippen molar-refractivity contribution in [3.63, 3.8) is 0 Å². The first-order chi connectivity index (χ1) is 8.77. The van der Waals surface area contributed by atoms with Gasteiger partial charge in [0.05, 0.1) is 17.2 Å². The van der Waals surface area contributed by atoms with Crippen LogP contribution in [-0.2, 0) is 0 Å². The molecule has 18 heavy (non-hydrogen) atoms. The molecule has 0 saturated heterocycles. The minimum absolute atomic E-state index is 0.481. The summed E-state index contributed by atoms with van der Waals surface area (Å²) in [6.07, 6.45) is 10.5. The molecule has 2 aromatic heterocycles. The average Bonchev–Trinajstić information content (AvgIpc) is 2.75. The smallest absolute Gasteiger partial charge is 0.178 e. The first-order valence-electron chi connectivity index (χ1n) is 6.81. The van der Waals surface area contributed by atoms with Crippen molar-refractivity contribution in [3.8, 4) is 0 Å². The lowest BCUT2D eigenvalue weighted by Gasteiger charge is -2.28. The number of hydrogen-bond acceptors (Lipinski definition) is 2. The molecule has 1 aliphatic carbocycles. The highest BCUT2D eigenvalue weighted by Gasteiger charge is 2.23. The Balaban J connectivity index is 2.02. The van der Waals surface area contributed by atoms with Gasteiger partial charge in [-0.15, -0.1) is 0 Å². The van der Waals surface area contributed by atoms with Crippen molar-refractivity contribution < 1.29 is 0 Å². The van der Waals surface area contributed by atoms with E-state index in [4.69, 9.17) is 12.2 Å². The Bertz CT molecular complexity index is 592. The van der Waals surface area contributed by atoms with E-state index in [2.05, 4.69) is 27.5 Å². The third kappa shape index (κ3) is 1.99. The van der Waals surface area contributed by atoms with Gasteiger partial charge in [-0.3, -0.25) is 4.98 Å². The first-order valence-corrected chi connectivity index (χ1v) is 7.22. The summed E-state index contributed by atoms with van der Waals surface area (Å²) >= 11 is 5.48. The maximum atomic E-state index is 5.48. The standard InChI is InChI=1S/C14H19N3S/c1-10(11-5-3-2-4-6-11)17-13-7-8-15-9-12(13)16-14(17)18/h7-11H,2-6H2,1H3,(H,16,18). The van der Waals surface area contributed by atoms with E-state index in [0.29, 0.717) is 6.04 Å². The second-order valence-electron chi connectivity index (χ2n) is 5.33. The molecule has 2 heterocycles. The van der Waals surface area contributed by atoms with Crippen molar-refractivity contribution in [2.24, 2.45) is 5.92 Å². The summed E-state index contributed by atoms with van der Waals surface area (Å²) in [6.45, 7) is 2.31. The largest absolute Gasteiger partial charge is 0.329 e. The van der Waals surface area contributed by atoms with Gasteiger partial charge >= 0.3 is 0 Å². The molecule has 96 valence electrons. The number of hydrogen-bond donors (Lipinski definition) is 1. The summed E-state index contributed by atoms with van der Waals surface area (Å²) in [5.74, 6) is 0.762. The lowest BCUT2D eigenvalue weighted by atomic mass is 9.84. The second-order valence-corrected chi connectivity index (χ2v) is 5.72. The van der Waals surface area contributed by atoms with E-state index in [1.807, 2.05) is 12.4 Å². The maximum Gasteiger partial charge on any atom is 0.178 e. The predicted octanol–water partition coefficient (Wildman–Crippen LogP) is 4.24. The summed E-state index contributed by atoms with van der Waals surface area (Å²) in [7, 11) is 0. The molecule has 4 heteroatoms. The summed E-state index contributed by atoms with van der Waals surface area (Å²) in [5, 5.41) is 0. The van der Waals surface area contributed by atoms with Crippen molar-refractivity contribution in [3.05, 3.63) is 23.2 Å². The summed E-state index contributed by atoms with van der Waals surface area (Å²) in [5.41, 5.74) is 2.23. The van der Waals surface area contributed by atoms with Gasteiger partial charge in [-0.25, -0.2) is 0 Å². The Morgan fingerprint density at radius 2 is 2.17 bits per heavy atom. The Kier molecular flexibility index (Phi) is 3.20. The molecule has 0 bridgehead atoms. The molecule has 0 radical (unpaired) electrons. The van der Waals surface area contributed by atoms with Crippen LogP contribution in [0.1, 0.15) is 45.1 Å². The molecule has 0 spiro atoms. The molecule has 2 aromatic rings. The summed E-state index contributed by atoms with van der Waals surface area (Å²) in [4.78, 5) is 7.41. The van der Waals surface area contributed by atoms with Crippen molar-refractivity contribution >= 4 is 23.3 Å². The number of aromatic nitrogens is 3. The Morgan fingerprint density at radius 1 is 1.39 bits per heavy atom. The fourth-order valence-corrected chi connectivity index (χ4v) is 3.58. The number of aromatic amines is 1. The topological polar surface area (TPSA) is 33.6 Å². The molecule has 1 unspecified atom stereocenters. The quantitative estimate of drug-likeness (QED) is 0.820. The van der Waals surface area contributed by atoms with Crippen LogP contribution >= 0.6 is 12.2 Å². The van der Waals surface area contributed by atoms with Crippen LogP contribution in [-0.4, -0.2) is 14.5 Å². The van der Waals surface area contributed by atoms with Crippen LogP contribution in [0.25, 0.3) is 11.0 Å². The van der Waals surface area contributed by atoms with E-state index < -0.39 is 0 Å². The zero-order valence-corrected chi connectivity index (χ0v) is 11.5. The van der Waals surface area contributed by atoms with Crippen LogP contribution in [0.15, 0.2) is 18.5 Å². The lowest BCUT2D eigenvalue weighted by Crippen LogP contribution is -2.19. The maximum absolute atomic E-state index is 5.48. The molecule has 1 fully saturated rings. The molecule has 0 aliphatic heterocycles. The van der Waals surface area contributed by atoms with Crippen LogP contribution in [0, 0.1) is 10.7 Å². The van der Waals surface area contributed by atoms with E-state index >= 15 is 0 Å². The van der Waals surface area contributed by atoms with Gasteiger partial charge in [-0.2, -0.15) is 0 Å². The molecule has 1 aliphatic rings. The molecular weight excluding hydrogens is 242 g/mol. The number of H-pyrrole nitrogens is 1. The fourth-order valence-electron chi connectivity index (χ4n) is 3.21. The highest BCUT2D eigenvalue weighted by molar-refractivity contribution is 7.71. The average molecular weight is 261 g/mol. The second kappa shape index (κ2) is 4.84. The summed E-state index contributed by atoms with van der Waals surface area (Å²) in [6, 6.07) is 2.54. The lowest BCUT2D eigenvalue weighted by molar-refractivity contribution is 0.266. The van der Waals surface area contributed by atoms with Gasteiger partial charge in [-0.1, -0.05) is 19.3 Å². The fraction of sp³-hybridized carbons (Fsp3) is 0.571. The number of rotatable bonds is 2. The van der Waals surface area contributed by atoms with Gasteiger partial charge in [0.2, 0.25) is 0 Å². The third-order valence-corrected chi connectivity index (χ3v) is 4.56. The zero-order valence-electron chi connectivity index (χ0n) is 10.7. The number of fused-ring (bicyclic) bond motifs is 1. The van der Waals surface area contributed by atoms with Crippen molar-refractivity contribution in [1.82, 2.24) is 14.5 Å². The molecule has 0 aromatic carbocycles. The minimum Gasteiger partial charge on any atom is -0.329 e. The van der Waals surface area contributed by atoms with Crippen LogP contribution < -0.4 is 0 Å². The molecule has 1 N–H and O–H groups in total. The van der Waals surface area contributed by atoms with E-state index in [1.165, 1.54) is 37.6 Å². The van der Waals surface area contributed by atoms with Gasteiger partial charge in [0.1, 0.15) is 0 Å². The molecule has 3 rings (SSSR count). The highest BCUT2D eigenvalue weighted by atomic mass is 32.1. The molecule has 3 nitrogen and oxygen atoms in total. The van der Waals surface area contributed by atoms with E-state index in [0.717, 1.165) is 16.2 Å². The Morgan fingerprint density at radius 3 is 2.94 bits per heavy atom. The van der Waals surface area contributed by atoms with E-state index in [9.17, 15) is 0 Å². The third-order valence-electron chi connectivity index (χ3n) is 4.26. The zero-order chi connectivity index (χ0) is 12.5. The van der Waals surface area contributed by atoms with Gasteiger partial charge in [0.15, 0.2) is 4.77 Å². The molecule has 0 amide bonds. The van der Waals surface area contributed by atoms with Crippen LogP contribution in [0.5, 0.6) is 0 Å². The van der Waals surface area contributed by atoms with Crippen molar-refractivity contribution in [2.75, 3.05) is 0 Å². The van der Waals surface area contributed by atoms with Gasteiger partial charge in [0.25, 0.3) is 0 Å². The number of nitrogens with zero attached hydrogens (tertiary/aromatic N) is 2. The summed E-state index contributed by atoms with van der Waals surface area (Å²) < 4.78 is 3.11. The normalized spacial score (nSPS) is 19.2. The monoisotopic (exact) mass is 261 g/mol. The van der Waals surface area contributed by atoms with Gasteiger partial charge in [0, 0.05) is 12.2 Å². The molecular formula is C14H19N3S.